The average Bonchev–Trinajstić information content (AvgIpc) is 2.32. The second-order valence-electron chi connectivity index (χ2n) is 3.96. The largest absolute Gasteiger partial charge is 0.497 e. The molecule has 1 fully saturated rings. The highest BCUT2D eigenvalue weighted by Crippen LogP contribution is 2.26. The molecule has 0 saturated carbocycles. The molecular formula is C11H16N2O3S. The number of ether oxygens (including phenoxy) is 1. The molecule has 0 amide bonds. The number of rotatable bonds is 2. The lowest BCUT2D eigenvalue weighted by Gasteiger charge is -2.33. The number of hydrogen-bond acceptors (Lipinski definition) is 3. The van der Waals surface area contributed by atoms with Gasteiger partial charge in [-0.05, 0) is 18.6 Å². The SMILES string of the molecule is COc1cccc(N2CCCN(C)S2(=O)=O)c1. The van der Waals surface area contributed by atoms with Gasteiger partial charge in [0.2, 0.25) is 0 Å². The van der Waals surface area contributed by atoms with Crippen LogP contribution in [-0.2, 0) is 10.2 Å². The predicted octanol–water partition coefficient (Wildman–Crippen LogP) is 1.08. The van der Waals surface area contributed by atoms with E-state index in [0.717, 1.165) is 6.42 Å². The third-order valence-corrected chi connectivity index (χ3v) is 4.77. The minimum Gasteiger partial charge on any atom is -0.497 e. The Bertz CT molecular complexity index is 501. The van der Waals surface area contributed by atoms with Crippen LogP contribution >= 0.6 is 0 Å². The van der Waals surface area contributed by atoms with Crippen LogP contribution in [0.15, 0.2) is 24.3 Å². The van der Waals surface area contributed by atoms with Crippen LogP contribution in [-0.4, -0.2) is 40.0 Å². The lowest BCUT2D eigenvalue weighted by Crippen LogP contribution is -2.47. The van der Waals surface area contributed by atoms with Gasteiger partial charge in [-0.1, -0.05) is 6.07 Å². The van der Waals surface area contributed by atoms with Crippen molar-refractivity contribution in [3.8, 4) is 5.75 Å². The molecule has 0 radical (unpaired) electrons. The molecule has 0 N–H and O–H groups in total. The molecule has 0 atom stereocenters. The molecule has 1 heterocycles. The molecule has 94 valence electrons. The lowest BCUT2D eigenvalue weighted by molar-refractivity contribution is 0.414. The van der Waals surface area contributed by atoms with Gasteiger partial charge in [0, 0.05) is 26.2 Å². The minimum atomic E-state index is -3.37. The van der Waals surface area contributed by atoms with E-state index in [4.69, 9.17) is 4.74 Å². The first-order valence-electron chi connectivity index (χ1n) is 5.44. The van der Waals surface area contributed by atoms with E-state index in [-0.39, 0.29) is 0 Å². The van der Waals surface area contributed by atoms with Gasteiger partial charge in [-0.2, -0.15) is 12.7 Å². The minimum absolute atomic E-state index is 0.514. The van der Waals surface area contributed by atoms with Gasteiger partial charge in [-0.3, -0.25) is 4.31 Å². The molecule has 0 spiro atoms. The molecule has 1 aliphatic heterocycles. The third-order valence-electron chi connectivity index (χ3n) is 2.85. The molecule has 0 aliphatic carbocycles. The topological polar surface area (TPSA) is 49.9 Å². The molecule has 17 heavy (non-hydrogen) atoms. The van der Waals surface area contributed by atoms with Gasteiger partial charge >= 0.3 is 10.2 Å². The summed E-state index contributed by atoms with van der Waals surface area (Å²) in [5, 5.41) is 0. The Kier molecular flexibility index (Phi) is 3.26. The van der Waals surface area contributed by atoms with E-state index >= 15 is 0 Å². The van der Waals surface area contributed by atoms with Gasteiger partial charge in [0.05, 0.1) is 12.8 Å². The summed E-state index contributed by atoms with van der Waals surface area (Å²) in [6.45, 7) is 1.09. The van der Waals surface area contributed by atoms with Crippen LogP contribution in [0.3, 0.4) is 0 Å². The summed E-state index contributed by atoms with van der Waals surface area (Å²) >= 11 is 0. The van der Waals surface area contributed by atoms with E-state index in [9.17, 15) is 8.42 Å². The van der Waals surface area contributed by atoms with Gasteiger partial charge < -0.3 is 4.74 Å². The number of methoxy groups -OCH3 is 1. The predicted molar refractivity (Wildman–Crippen MR) is 66.5 cm³/mol. The number of hydrogen-bond donors (Lipinski definition) is 0. The highest BCUT2D eigenvalue weighted by Gasteiger charge is 2.30. The molecule has 2 rings (SSSR count). The Morgan fingerprint density at radius 1 is 1.29 bits per heavy atom. The van der Waals surface area contributed by atoms with Crippen molar-refractivity contribution in [2.24, 2.45) is 0 Å². The molecule has 1 saturated heterocycles. The summed E-state index contributed by atoms with van der Waals surface area (Å²) in [5.74, 6) is 0.658. The Morgan fingerprint density at radius 3 is 2.76 bits per heavy atom. The second-order valence-corrected chi connectivity index (χ2v) is 5.92. The Hall–Kier alpha value is -1.27. The molecule has 6 heteroatoms. The van der Waals surface area contributed by atoms with Crippen molar-refractivity contribution in [1.29, 1.82) is 0 Å². The van der Waals surface area contributed by atoms with Crippen LogP contribution in [0.25, 0.3) is 0 Å². The van der Waals surface area contributed by atoms with Crippen molar-refractivity contribution >= 4 is 15.9 Å². The maximum absolute atomic E-state index is 12.1. The zero-order chi connectivity index (χ0) is 12.5. The van der Waals surface area contributed by atoms with Gasteiger partial charge in [-0.15, -0.1) is 0 Å². The fourth-order valence-corrected chi connectivity index (χ4v) is 3.30. The molecule has 0 aromatic heterocycles. The summed E-state index contributed by atoms with van der Waals surface area (Å²) in [5.41, 5.74) is 0.649. The molecule has 1 aliphatic rings. The standard InChI is InChI=1S/C11H16N2O3S/c1-12-7-4-8-13(17(12,14)15)10-5-3-6-11(9-10)16-2/h3,5-6,9H,4,7-8H2,1-2H3. The monoisotopic (exact) mass is 256 g/mol. The van der Waals surface area contributed by atoms with Crippen molar-refractivity contribution < 1.29 is 13.2 Å². The third kappa shape index (κ3) is 2.23. The van der Waals surface area contributed by atoms with Crippen molar-refractivity contribution in [3.63, 3.8) is 0 Å². The number of nitrogens with zero attached hydrogens (tertiary/aromatic N) is 2. The Balaban J connectivity index is 2.38. The zero-order valence-corrected chi connectivity index (χ0v) is 10.8. The number of benzene rings is 1. The van der Waals surface area contributed by atoms with Crippen LogP contribution in [0.1, 0.15) is 6.42 Å². The first-order valence-corrected chi connectivity index (χ1v) is 6.83. The van der Waals surface area contributed by atoms with E-state index < -0.39 is 10.2 Å². The normalized spacial score (nSPS) is 20.2. The first-order chi connectivity index (χ1) is 8.05. The van der Waals surface area contributed by atoms with Crippen molar-refractivity contribution in [1.82, 2.24) is 4.31 Å². The summed E-state index contributed by atoms with van der Waals surface area (Å²) in [7, 11) is -0.205. The maximum Gasteiger partial charge on any atom is 0.303 e. The van der Waals surface area contributed by atoms with E-state index in [1.54, 1.807) is 38.4 Å². The smallest absolute Gasteiger partial charge is 0.303 e. The Labute approximate surface area is 102 Å². The van der Waals surface area contributed by atoms with Crippen LogP contribution in [0.2, 0.25) is 0 Å². The summed E-state index contributed by atoms with van der Waals surface area (Å²) in [4.78, 5) is 0. The van der Waals surface area contributed by atoms with E-state index in [2.05, 4.69) is 0 Å². The molecule has 1 aromatic carbocycles. The van der Waals surface area contributed by atoms with Crippen LogP contribution < -0.4 is 9.04 Å². The van der Waals surface area contributed by atoms with E-state index in [0.29, 0.717) is 24.5 Å². The van der Waals surface area contributed by atoms with Crippen molar-refractivity contribution in [2.75, 3.05) is 31.6 Å². The highest BCUT2D eigenvalue weighted by molar-refractivity contribution is 7.90. The van der Waals surface area contributed by atoms with Crippen LogP contribution in [0, 0.1) is 0 Å². The summed E-state index contributed by atoms with van der Waals surface area (Å²) in [6.07, 6.45) is 0.826. The zero-order valence-electron chi connectivity index (χ0n) is 9.96. The van der Waals surface area contributed by atoms with Crippen molar-refractivity contribution in [3.05, 3.63) is 24.3 Å². The molecular weight excluding hydrogens is 240 g/mol. The van der Waals surface area contributed by atoms with Gasteiger partial charge in [0.25, 0.3) is 0 Å². The summed E-state index contributed by atoms with van der Waals surface area (Å²) < 4.78 is 32.1. The quantitative estimate of drug-likeness (QED) is 0.795. The molecule has 5 nitrogen and oxygen atoms in total. The fraction of sp³-hybridized carbons (Fsp3) is 0.455. The number of anilines is 1. The van der Waals surface area contributed by atoms with Crippen LogP contribution in [0.4, 0.5) is 5.69 Å². The molecule has 1 aromatic rings. The van der Waals surface area contributed by atoms with E-state index in [1.807, 2.05) is 0 Å². The molecule has 0 unspecified atom stereocenters. The second kappa shape index (κ2) is 4.54. The Morgan fingerprint density at radius 2 is 2.06 bits per heavy atom. The highest BCUT2D eigenvalue weighted by atomic mass is 32.2. The maximum atomic E-state index is 12.1. The van der Waals surface area contributed by atoms with E-state index in [1.165, 1.54) is 8.61 Å². The molecule has 0 bridgehead atoms. The van der Waals surface area contributed by atoms with Gasteiger partial charge in [-0.25, -0.2) is 0 Å². The van der Waals surface area contributed by atoms with Gasteiger partial charge in [0.15, 0.2) is 0 Å². The van der Waals surface area contributed by atoms with Gasteiger partial charge in [0.1, 0.15) is 5.75 Å². The average molecular weight is 256 g/mol. The lowest BCUT2D eigenvalue weighted by atomic mass is 10.3. The first kappa shape index (κ1) is 12.2. The fourth-order valence-electron chi connectivity index (χ4n) is 1.86. The summed E-state index contributed by atoms with van der Waals surface area (Å²) in [6, 6.07) is 7.10. The van der Waals surface area contributed by atoms with Crippen molar-refractivity contribution in [2.45, 2.75) is 6.42 Å². The van der Waals surface area contributed by atoms with Crippen LogP contribution in [0.5, 0.6) is 5.75 Å².